The Balaban J connectivity index is 1.39. The first-order chi connectivity index (χ1) is 15.0. The van der Waals surface area contributed by atoms with Crippen molar-refractivity contribution >= 4 is 33.3 Å². The van der Waals surface area contributed by atoms with E-state index >= 15 is 0 Å². The van der Waals surface area contributed by atoms with E-state index in [1.165, 1.54) is 16.9 Å². The van der Waals surface area contributed by atoms with E-state index in [-0.39, 0.29) is 5.91 Å². The van der Waals surface area contributed by atoms with E-state index in [4.69, 9.17) is 9.47 Å². The first-order valence-corrected chi connectivity index (χ1v) is 10.8. The third-order valence-electron chi connectivity index (χ3n) is 4.70. The van der Waals surface area contributed by atoms with Crippen LogP contribution < -0.4 is 14.8 Å². The fraction of sp³-hybridized carbons (Fsp3) is 0.261. The van der Waals surface area contributed by atoms with Crippen molar-refractivity contribution < 1.29 is 14.3 Å². The first-order valence-electron chi connectivity index (χ1n) is 10.0. The van der Waals surface area contributed by atoms with Crippen LogP contribution in [0.3, 0.4) is 0 Å². The Morgan fingerprint density at radius 3 is 2.65 bits per heavy atom. The monoisotopic (exact) mass is 436 g/mol. The van der Waals surface area contributed by atoms with E-state index in [0.29, 0.717) is 30.4 Å². The molecular weight excluding hydrogens is 412 g/mol. The molecule has 0 saturated carbocycles. The standard InChI is InChI=1S/C23H24N4O3S/c1-15-6-8-17(9-7-15)30-12-4-5-22(28)25-21-13-16(2)26-27(21)23-24-19-11-10-18(29-3)14-20(19)31-23/h6-11,13-14H,4-5,12H2,1-3H3,(H,25,28). The molecular formula is C23H24N4O3S. The molecule has 31 heavy (non-hydrogen) atoms. The minimum absolute atomic E-state index is 0.0866. The van der Waals surface area contributed by atoms with Crippen LogP contribution in [0.4, 0.5) is 5.82 Å². The summed E-state index contributed by atoms with van der Waals surface area (Å²) in [5.41, 5.74) is 2.85. The minimum atomic E-state index is -0.0866. The molecule has 0 bridgehead atoms. The summed E-state index contributed by atoms with van der Waals surface area (Å²) in [5.74, 6) is 2.11. The van der Waals surface area contributed by atoms with Gasteiger partial charge in [-0.15, -0.1) is 0 Å². The second-order valence-corrected chi connectivity index (χ2v) is 8.24. The molecule has 2 heterocycles. The predicted octanol–water partition coefficient (Wildman–Crippen LogP) is 4.91. The zero-order valence-corrected chi connectivity index (χ0v) is 18.5. The van der Waals surface area contributed by atoms with Crippen LogP contribution in [-0.4, -0.2) is 34.4 Å². The summed E-state index contributed by atoms with van der Waals surface area (Å²) in [6.07, 6.45) is 0.973. The average Bonchev–Trinajstić information content (AvgIpc) is 3.34. The van der Waals surface area contributed by atoms with Crippen LogP contribution in [0.1, 0.15) is 24.1 Å². The molecule has 4 rings (SSSR count). The van der Waals surface area contributed by atoms with Crippen molar-refractivity contribution in [2.75, 3.05) is 19.0 Å². The summed E-state index contributed by atoms with van der Waals surface area (Å²) >= 11 is 1.49. The lowest BCUT2D eigenvalue weighted by Gasteiger charge is -2.08. The highest BCUT2D eigenvalue weighted by atomic mass is 32.1. The van der Waals surface area contributed by atoms with Crippen LogP contribution in [-0.2, 0) is 4.79 Å². The molecule has 1 N–H and O–H groups in total. The molecule has 0 spiro atoms. The molecule has 8 heteroatoms. The maximum absolute atomic E-state index is 12.5. The summed E-state index contributed by atoms with van der Waals surface area (Å²) in [4.78, 5) is 17.1. The molecule has 1 amide bonds. The molecule has 0 aliphatic rings. The number of amides is 1. The summed E-state index contributed by atoms with van der Waals surface area (Å²) in [6, 6.07) is 15.5. The number of anilines is 1. The third kappa shape index (κ3) is 5.03. The van der Waals surface area contributed by atoms with Crippen LogP contribution in [0.25, 0.3) is 15.3 Å². The molecule has 7 nitrogen and oxygen atoms in total. The van der Waals surface area contributed by atoms with Gasteiger partial charge in [-0.3, -0.25) is 4.79 Å². The highest BCUT2D eigenvalue weighted by Crippen LogP contribution is 2.30. The second kappa shape index (κ2) is 9.18. The van der Waals surface area contributed by atoms with Gasteiger partial charge in [-0.25, -0.2) is 4.98 Å². The van der Waals surface area contributed by atoms with Gasteiger partial charge in [-0.1, -0.05) is 29.0 Å². The van der Waals surface area contributed by atoms with E-state index in [9.17, 15) is 4.79 Å². The molecule has 4 aromatic rings. The van der Waals surface area contributed by atoms with Gasteiger partial charge in [0, 0.05) is 12.5 Å². The van der Waals surface area contributed by atoms with Crippen LogP contribution >= 0.6 is 11.3 Å². The predicted molar refractivity (Wildman–Crippen MR) is 123 cm³/mol. The van der Waals surface area contributed by atoms with Crippen LogP contribution in [0.5, 0.6) is 11.5 Å². The maximum Gasteiger partial charge on any atom is 0.225 e. The highest BCUT2D eigenvalue weighted by molar-refractivity contribution is 7.20. The van der Waals surface area contributed by atoms with Crippen LogP contribution in [0.2, 0.25) is 0 Å². The number of ether oxygens (including phenoxy) is 2. The quantitative estimate of drug-likeness (QED) is 0.397. The van der Waals surface area contributed by atoms with Gasteiger partial charge < -0.3 is 14.8 Å². The number of thiazole rings is 1. The van der Waals surface area contributed by atoms with Gasteiger partial charge in [0.2, 0.25) is 11.0 Å². The molecule has 0 radical (unpaired) electrons. The number of methoxy groups -OCH3 is 1. The second-order valence-electron chi connectivity index (χ2n) is 7.23. The smallest absolute Gasteiger partial charge is 0.225 e. The molecule has 0 saturated heterocycles. The third-order valence-corrected chi connectivity index (χ3v) is 5.70. The molecule has 0 unspecified atom stereocenters. The number of rotatable bonds is 8. The van der Waals surface area contributed by atoms with Gasteiger partial charge in [0.1, 0.15) is 17.3 Å². The van der Waals surface area contributed by atoms with E-state index in [1.807, 2.05) is 62.4 Å². The number of benzene rings is 2. The zero-order valence-electron chi connectivity index (χ0n) is 17.7. The summed E-state index contributed by atoms with van der Waals surface area (Å²) in [6.45, 7) is 4.40. The van der Waals surface area contributed by atoms with Crippen molar-refractivity contribution in [1.82, 2.24) is 14.8 Å². The van der Waals surface area contributed by atoms with Crippen molar-refractivity contribution in [3.63, 3.8) is 0 Å². The van der Waals surface area contributed by atoms with Crippen molar-refractivity contribution in [3.05, 3.63) is 59.8 Å². The number of aryl methyl sites for hydroxylation is 2. The normalized spacial score (nSPS) is 10.9. The van der Waals surface area contributed by atoms with Gasteiger partial charge >= 0.3 is 0 Å². The number of aromatic nitrogens is 3. The Labute approximate surface area is 184 Å². The summed E-state index contributed by atoms with van der Waals surface area (Å²) in [7, 11) is 1.64. The topological polar surface area (TPSA) is 78.3 Å². The van der Waals surface area contributed by atoms with E-state index < -0.39 is 0 Å². The van der Waals surface area contributed by atoms with Gasteiger partial charge in [-0.05, 0) is 50.6 Å². The Kier molecular flexibility index (Phi) is 6.18. The number of nitrogens with one attached hydrogen (secondary N) is 1. The molecule has 160 valence electrons. The fourth-order valence-corrected chi connectivity index (χ4v) is 4.07. The summed E-state index contributed by atoms with van der Waals surface area (Å²) < 4.78 is 13.6. The Morgan fingerprint density at radius 1 is 1.10 bits per heavy atom. The number of hydrogen-bond acceptors (Lipinski definition) is 6. The Hall–Kier alpha value is -3.39. The van der Waals surface area contributed by atoms with Gasteiger partial charge in [0.25, 0.3) is 0 Å². The fourth-order valence-electron chi connectivity index (χ4n) is 3.11. The molecule has 0 aliphatic heterocycles. The van der Waals surface area contributed by atoms with Crippen LogP contribution in [0, 0.1) is 13.8 Å². The zero-order chi connectivity index (χ0) is 21.8. The largest absolute Gasteiger partial charge is 0.497 e. The van der Waals surface area contributed by atoms with Crippen molar-refractivity contribution in [3.8, 4) is 16.6 Å². The summed E-state index contributed by atoms with van der Waals surface area (Å²) in [5, 5.41) is 8.15. The first kappa shape index (κ1) is 20.9. The number of fused-ring (bicyclic) bond motifs is 1. The number of nitrogens with zero attached hydrogens (tertiary/aromatic N) is 3. The van der Waals surface area contributed by atoms with Gasteiger partial charge in [0.15, 0.2) is 0 Å². The lowest BCUT2D eigenvalue weighted by Crippen LogP contribution is -2.15. The lowest BCUT2D eigenvalue weighted by molar-refractivity contribution is -0.116. The van der Waals surface area contributed by atoms with Crippen molar-refractivity contribution in [2.24, 2.45) is 0 Å². The van der Waals surface area contributed by atoms with Gasteiger partial charge in [0.05, 0.1) is 29.6 Å². The van der Waals surface area contributed by atoms with Crippen molar-refractivity contribution in [1.29, 1.82) is 0 Å². The van der Waals surface area contributed by atoms with E-state index in [2.05, 4.69) is 15.4 Å². The Morgan fingerprint density at radius 2 is 1.87 bits per heavy atom. The number of hydrogen-bond donors (Lipinski definition) is 1. The van der Waals surface area contributed by atoms with Gasteiger partial charge in [-0.2, -0.15) is 9.78 Å². The molecule has 2 aromatic carbocycles. The molecule has 0 fully saturated rings. The van der Waals surface area contributed by atoms with E-state index in [0.717, 1.165) is 27.4 Å². The lowest BCUT2D eigenvalue weighted by atomic mass is 10.2. The minimum Gasteiger partial charge on any atom is -0.497 e. The Bertz CT molecular complexity index is 1200. The van der Waals surface area contributed by atoms with Crippen LogP contribution in [0.15, 0.2) is 48.5 Å². The number of carbonyl (C=O) groups is 1. The SMILES string of the molecule is COc1ccc2nc(-n3nc(C)cc3NC(=O)CCCOc3ccc(C)cc3)sc2c1. The average molecular weight is 437 g/mol. The molecule has 0 aliphatic carbocycles. The van der Waals surface area contributed by atoms with E-state index in [1.54, 1.807) is 11.8 Å². The highest BCUT2D eigenvalue weighted by Gasteiger charge is 2.15. The molecule has 2 aromatic heterocycles. The maximum atomic E-state index is 12.5. The number of carbonyl (C=O) groups excluding carboxylic acids is 1. The van der Waals surface area contributed by atoms with Crippen molar-refractivity contribution in [2.45, 2.75) is 26.7 Å². The molecule has 0 atom stereocenters.